The van der Waals surface area contributed by atoms with E-state index in [0.717, 1.165) is 49.8 Å². The van der Waals surface area contributed by atoms with E-state index >= 15 is 0 Å². The van der Waals surface area contributed by atoms with Crippen molar-refractivity contribution >= 4 is 67.7 Å². The summed E-state index contributed by atoms with van der Waals surface area (Å²) in [6, 6.07) is 15.7. The number of halogens is 1. The quantitative estimate of drug-likeness (QED) is 0.303. The Bertz CT molecular complexity index is 1160. The summed E-state index contributed by atoms with van der Waals surface area (Å²) in [5.41, 5.74) is 2.00. The molecular weight excluding hydrogens is 470 g/mol. The lowest BCUT2D eigenvalue weighted by Crippen LogP contribution is -2.14. The van der Waals surface area contributed by atoms with Gasteiger partial charge in [-0.2, -0.15) is 0 Å². The standard InChI is InChI=1S/C21H20ClN5OS3/c1-2-27-18(12-29-11-14-7-3-4-8-15(14)22)25-26-21(27)30-13-19(28)24-20-23-16-9-5-6-10-17(16)31-20/h3-10H,2,11-13H2,1H3,(H,23,24,28). The van der Waals surface area contributed by atoms with E-state index in [0.29, 0.717) is 5.13 Å². The summed E-state index contributed by atoms with van der Waals surface area (Å²) in [5, 5.41) is 13.6. The lowest BCUT2D eigenvalue weighted by molar-refractivity contribution is -0.113. The summed E-state index contributed by atoms with van der Waals surface area (Å²) in [7, 11) is 0. The number of nitrogens with zero attached hydrogens (tertiary/aromatic N) is 4. The second-order valence-corrected chi connectivity index (χ2v) is 9.92. The first-order valence-electron chi connectivity index (χ1n) is 9.65. The van der Waals surface area contributed by atoms with Crippen molar-refractivity contribution in [2.24, 2.45) is 0 Å². The van der Waals surface area contributed by atoms with Crippen molar-refractivity contribution in [3.8, 4) is 0 Å². The van der Waals surface area contributed by atoms with E-state index in [9.17, 15) is 4.79 Å². The molecule has 0 aliphatic carbocycles. The third-order valence-corrected chi connectivity index (χ3v) is 7.69. The molecule has 1 amide bonds. The highest BCUT2D eigenvalue weighted by Crippen LogP contribution is 2.27. The van der Waals surface area contributed by atoms with Crippen LogP contribution in [0.3, 0.4) is 0 Å². The normalized spacial score (nSPS) is 11.2. The van der Waals surface area contributed by atoms with Crippen LogP contribution < -0.4 is 5.32 Å². The number of amides is 1. The molecule has 0 saturated heterocycles. The number of fused-ring (bicyclic) bond motifs is 1. The molecule has 4 rings (SSSR count). The summed E-state index contributed by atoms with van der Waals surface area (Å²) in [4.78, 5) is 16.8. The highest BCUT2D eigenvalue weighted by atomic mass is 35.5. The zero-order valence-corrected chi connectivity index (χ0v) is 20.0. The average molecular weight is 490 g/mol. The van der Waals surface area contributed by atoms with Crippen LogP contribution in [-0.4, -0.2) is 31.4 Å². The fraction of sp³-hybridized carbons (Fsp3) is 0.238. The molecule has 0 aliphatic heterocycles. The van der Waals surface area contributed by atoms with E-state index in [-0.39, 0.29) is 11.7 Å². The Labute approximate surface area is 197 Å². The Morgan fingerprint density at radius 1 is 1.13 bits per heavy atom. The molecule has 2 heterocycles. The largest absolute Gasteiger partial charge is 0.306 e. The lowest BCUT2D eigenvalue weighted by atomic mass is 10.2. The molecule has 6 nitrogen and oxygen atoms in total. The predicted molar refractivity (Wildman–Crippen MR) is 131 cm³/mol. The van der Waals surface area contributed by atoms with Crippen LogP contribution in [0.25, 0.3) is 10.2 Å². The number of hydrogen-bond acceptors (Lipinski definition) is 7. The molecule has 31 heavy (non-hydrogen) atoms. The molecule has 0 radical (unpaired) electrons. The molecule has 0 fully saturated rings. The number of hydrogen-bond donors (Lipinski definition) is 1. The Morgan fingerprint density at radius 2 is 1.94 bits per heavy atom. The van der Waals surface area contributed by atoms with Gasteiger partial charge in [0.1, 0.15) is 5.82 Å². The number of para-hydroxylation sites is 1. The van der Waals surface area contributed by atoms with Crippen LogP contribution in [0.5, 0.6) is 0 Å². The maximum absolute atomic E-state index is 12.4. The Morgan fingerprint density at radius 3 is 2.74 bits per heavy atom. The van der Waals surface area contributed by atoms with Crippen molar-refractivity contribution in [1.82, 2.24) is 19.7 Å². The van der Waals surface area contributed by atoms with Gasteiger partial charge in [0, 0.05) is 17.3 Å². The van der Waals surface area contributed by atoms with Crippen LogP contribution in [0, 0.1) is 0 Å². The molecule has 0 atom stereocenters. The van der Waals surface area contributed by atoms with Gasteiger partial charge in [-0.25, -0.2) is 4.98 Å². The number of anilines is 1. The average Bonchev–Trinajstić information content (AvgIpc) is 3.36. The van der Waals surface area contributed by atoms with E-state index in [2.05, 4.69) is 32.0 Å². The van der Waals surface area contributed by atoms with E-state index in [4.69, 9.17) is 11.6 Å². The minimum atomic E-state index is -0.107. The van der Waals surface area contributed by atoms with Crippen LogP contribution >= 0.6 is 46.5 Å². The van der Waals surface area contributed by atoms with Gasteiger partial charge in [0.15, 0.2) is 10.3 Å². The van der Waals surface area contributed by atoms with Crippen molar-refractivity contribution < 1.29 is 4.79 Å². The molecule has 10 heteroatoms. The van der Waals surface area contributed by atoms with Gasteiger partial charge in [0.25, 0.3) is 0 Å². The SMILES string of the molecule is CCn1c(CSCc2ccccc2Cl)nnc1SCC(=O)Nc1nc2ccccc2s1. The number of nitrogens with one attached hydrogen (secondary N) is 1. The molecule has 2 aromatic carbocycles. The molecule has 0 unspecified atom stereocenters. The van der Waals surface area contributed by atoms with Crippen LogP contribution in [0.1, 0.15) is 18.3 Å². The summed E-state index contributed by atoms with van der Waals surface area (Å²) in [6.07, 6.45) is 0. The fourth-order valence-corrected chi connectivity index (χ4v) is 5.88. The van der Waals surface area contributed by atoms with E-state index in [1.54, 1.807) is 11.8 Å². The van der Waals surface area contributed by atoms with E-state index in [1.807, 2.05) is 48.5 Å². The second kappa shape index (κ2) is 10.5. The van der Waals surface area contributed by atoms with Gasteiger partial charge in [-0.05, 0) is 30.7 Å². The number of aromatic nitrogens is 4. The first-order valence-corrected chi connectivity index (χ1v) is 13.0. The Balaban J connectivity index is 1.31. The minimum absolute atomic E-state index is 0.107. The molecule has 2 aromatic heterocycles. The molecule has 0 aliphatic rings. The van der Waals surface area contributed by atoms with Gasteiger partial charge in [0.2, 0.25) is 5.91 Å². The fourth-order valence-electron chi connectivity index (χ4n) is 2.93. The molecule has 0 saturated carbocycles. The molecule has 4 aromatic rings. The van der Waals surface area contributed by atoms with Gasteiger partial charge < -0.3 is 9.88 Å². The van der Waals surface area contributed by atoms with E-state index < -0.39 is 0 Å². The summed E-state index contributed by atoms with van der Waals surface area (Å²) in [6.45, 7) is 2.80. The molecule has 1 N–H and O–H groups in total. The maximum atomic E-state index is 12.4. The van der Waals surface area contributed by atoms with Crippen LogP contribution in [-0.2, 0) is 22.8 Å². The van der Waals surface area contributed by atoms with Crippen LogP contribution in [0.2, 0.25) is 5.02 Å². The first-order chi connectivity index (χ1) is 15.1. The van der Waals surface area contributed by atoms with Crippen molar-refractivity contribution in [1.29, 1.82) is 0 Å². The van der Waals surface area contributed by atoms with Crippen LogP contribution in [0.4, 0.5) is 5.13 Å². The molecule has 0 bridgehead atoms. The predicted octanol–water partition coefficient (Wildman–Crippen LogP) is 5.73. The molecule has 0 spiro atoms. The van der Waals surface area contributed by atoms with Crippen LogP contribution in [0.15, 0.2) is 53.7 Å². The smallest absolute Gasteiger partial charge is 0.236 e. The molecular formula is C21H20ClN5OS3. The zero-order valence-electron chi connectivity index (χ0n) is 16.7. The first kappa shape index (κ1) is 22.1. The number of rotatable bonds is 9. The minimum Gasteiger partial charge on any atom is -0.306 e. The summed E-state index contributed by atoms with van der Waals surface area (Å²) < 4.78 is 3.10. The highest BCUT2D eigenvalue weighted by Gasteiger charge is 2.14. The second-order valence-electron chi connectivity index (χ2n) is 6.55. The van der Waals surface area contributed by atoms with E-state index in [1.165, 1.54) is 23.1 Å². The van der Waals surface area contributed by atoms with Gasteiger partial charge in [-0.15, -0.1) is 22.0 Å². The number of benzene rings is 2. The summed E-state index contributed by atoms with van der Waals surface area (Å²) >= 11 is 10.8. The lowest BCUT2D eigenvalue weighted by Gasteiger charge is -2.08. The topological polar surface area (TPSA) is 72.7 Å². The number of carbonyl (C=O) groups is 1. The third-order valence-electron chi connectivity index (χ3n) is 4.43. The van der Waals surface area contributed by atoms with Gasteiger partial charge >= 0.3 is 0 Å². The third kappa shape index (κ3) is 5.60. The maximum Gasteiger partial charge on any atom is 0.236 e. The van der Waals surface area contributed by atoms with Crippen molar-refractivity contribution in [2.45, 2.75) is 30.1 Å². The Kier molecular flexibility index (Phi) is 7.49. The molecule has 160 valence electrons. The monoisotopic (exact) mass is 489 g/mol. The number of carbonyl (C=O) groups excluding carboxylic acids is 1. The Hall–Kier alpha value is -2.07. The van der Waals surface area contributed by atoms with Gasteiger partial charge in [0.05, 0.1) is 21.7 Å². The number of thiazole rings is 1. The van der Waals surface area contributed by atoms with Crippen molar-refractivity contribution in [3.63, 3.8) is 0 Å². The number of thioether (sulfide) groups is 2. The van der Waals surface area contributed by atoms with Gasteiger partial charge in [-0.1, -0.05) is 65.0 Å². The zero-order chi connectivity index (χ0) is 21.6. The highest BCUT2D eigenvalue weighted by molar-refractivity contribution is 7.99. The van der Waals surface area contributed by atoms with Crippen molar-refractivity contribution in [2.75, 3.05) is 11.1 Å². The van der Waals surface area contributed by atoms with Crippen molar-refractivity contribution in [3.05, 3.63) is 64.9 Å². The van der Waals surface area contributed by atoms with Gasteiger partial charge in [-0.3, -0.25) is 4.79 Å². The summed E-state index contributed by atoms with van der Waals surface area (Å²) in [5.74, 6) is 2.58.